The molecule has 0 spiro atoms. The van der Waals surface area contributed by atoms with Crippen molar-refractivity contribution in [2.24, 2.45) is 0 Å². The minimum Gasteiger partial charge on any atom is -0.496 e. The van der Waals surface area contributed by atoms with Gasteiger partial charge in [0.15, 0.2) is 0 Å². The molecule has 0 radical (unpaired) electrons. The molecule has 23 heavy (non-hydrogen) atoms. The number of hydrogen-bond donors (Lipinski definition) is 1. The average molecular weight is 337 g/mol. The third-order valence-electron chi connectivity index (χ3n) is 5.52. The van der Waals surface area contributed by atoms with E-state index in [1.54, 1.807) is 7.11 Å². The van der Waals surface area contributed by atoms with E-state index in [0.29, 0.717) is 17.5 Å². The van der Waals surface area contributed by atoms with Crippen molar-refractivity contribution in [1.82, 2.24) is 5.32 Å². The van der Waals surface area contributed by atoms with Gasteiger partial charge in [0.05, 0.1) is 18.6 Å². The van der Waals surface area contributed by atoms with Crippen LogP contribution in [0.4, 0.5) is 0 Å². The highest BCUT2D eigenvalue weighted by molar-refractivity contribution is 7.91. The number of sulfone groups is 1. The van der Waals surface area contributed by atoms with E-state index in [1.165, 1.54) is 31.2 Å². The molecule has 1 saturated heterocycles. The molecular weight excluding hydrogens is 310 g/mol. The van der Waals surface area contributed by atoms with Crippen LogP contribution in [-0.2, 0) is 15.3 Å². The largest absolute Gasteiger partial charge is 0.496 e. The van der Waals surface area contributed by atoms with Gasteiger partial charge in [0, 0.05) is 23.6 Å². The van der Waals surface area contributed by atoms with Gasteiger partial charge in [0.1, 0.15) is 15.6 Å². The molecule has 0 unspecified atom stereocenters. The van der Waals surface area contributed by atoms with Crippen molar-refractivity contribution in [1.29, 1.82) is 0 Å². The van der Waals surface area contributed by atoms with Crippen LogP contribution in [0.15, 0.2) is 24.3 Å². The molecule has 1 aromatic carbocycles. The predicted octanol–water partition coefficient (Wildman–Crippen LogP) is 2.67. The Kier molecular flexibility index (Phi) is 4.97. The van der Waals surface area contributed by atoms with Gasteiger partial charge in [-0.15, -0.1) is 0 Å². The molecule has 4 nitrogen and oxygen atoms in total. The zero-order chi connectivity index (χ0) is 16.3. The Labute approximate surface area is 139 Å². The van der Waals surface area contributed by atoms with Crippen LogP contribution in [0.1, 0.15) is 44.1 Å². The quantitative estimate of drug-likeness (QED) is 0.897. The molecule has 5 heteroatoms. The van der Waals surface area contributed by atoms with Gasteiger partial charge >= 0.3 is 0 Å². The maximum Gasteiger partial charge on any atom is 0.150 e. The predicted molar refractivity (Wildman–Crippen MR) is 92.8 cm³/mol. The third-order valence-corrected chi connectivity index (χ3v) is 7.24. The molecule has 1 aromatic rings. The summed E-state index contributed by atoms with van der Waals surface area (Å²) in [5.74, 6) is 1.63. The van der Waals surface area contributed by atoms with Gasteiger partial charge < -0.3 is 10.1 Å². The van der Waals surface area contributed by atoms with Gasteiger partial charge in [-0.1, -0.05) is 31.0 Å². The monoisotopic (exact) mass is 337 g/mol. The van der Waals surface area contributed by atoms with Gasteiger partial charge in [0.25, 0.3) is 0 Å². The number of ether oxygens (including phenoxy) is 1. The van der Waals surface area contributed by atoms with E-state index < -0.39 is 9.84 Å². The lowest BCUT2D eigenvalue weighted by Crippen LogP contribution is -2.44. The van der Waals surface area contributed by atoms with Gasteiger partial charge in [-0.3, -0.25) is 0 Å². The minimum absolute atomic E-state index is 0.128. The topological polar surface area (TPSA) is 55.4 Å². The highest BCUT2D eigenvalue weighted by Crippen LogP contribution is 2.44. The normalized spacial score (nSPS) is 23.7. The molecule has 1 heterocycles. The number of nitrogens with one attached hydrogen (secondary N) is 1. The second-order valence-corrected chi connectivity index (χ2v) is 9.30. The summed E-state index contributed by atoms with van der Waals surface area (Å²) in [6.45, 7) is 0.915. The maximum atomic E-state index is 11.6. The summed E-state index contributed by atoms with van der Waals surface area (Å²) in [4.78, 5) is 0. The lowest BCUT2D eigenvalue weighted by Gasteiger charge is -2.34. The van der Waals surface area contributed by atoms with E-state index in [0.717, 1.165) is 25.1 Å². The van der Waals surface area contributed by atoms with E-state index in [9.17, 15) is 8.42 Å². The van der Waals surface area contributed by atoms with Crippen molar-refractivity contribution < 1.29 is 13.2 Å². The van der Waals surface area contributed by atoms with Crippen molar-refractivity contribution in [2.45, 2.75) is 50.0 Å². The molecule has 0 aromatic heterocycles. The van der Waals surface area contributed by atoms with Crippen molar-refractivity contribution in [3.8, 4) is 5.75 Å². The first-order valence-corrected chi connectivity index (χ1v) is 10.4. The molecule has 2 aliphatic rings. The van der Waals surface area contributed by atoms with Crippen LogP contribution < -0.4 is 10.1 Å². The summed E-state index contributed by atoms with van der Waals surface area (Å²) in [6.07, 6.45) is 6.32. The van der Waals surface area contributed by atoms with E-state index >= 15 is 0 Å². The van der Waals surface area contributed by atoms with Gasteiger partial charge in [0.2, 0.25) is 0 Å². The fraction of sp³-hybridized carbons (Fsp3) is 0.667. The Morgan fingerprint density at radius 1 is 1.17 bits per heavy atom. The fourth-order valence-corrected chi connectivity index (χ4v) is 5.60. The van der Waals surface area contributed by atoms with E-state index in [1.807, 2.05) is 12.1 Å². The molecule has 0 amide bonds. The van der Waals surface area contributed by atoms with Gasteiger partial charge in [-0.2, -0.15) is 0 Å². The van der Waals surface area contributed by atoms with Crippen LogP contribution >= 0.6 is 0 Å². The van der Waals surface area contributed by atoms with Crippen LogP contribution in [0.25, 0.3) is 0 Å². The van der Waals surface area contributed by atoms with E-state index in [-0.39, 0.29) is 5.41 Å². The summed E-state index contributed by atoms with van der Waals surface area (Å²) >= 11 is 0. The third kappa shape index (κ3) is 3.72. The zero-order valence-electron chi connectivity index (χ0n) is 13.9. The smallest absolute Gasteiger partial charge is 0.150 e. The Morgan fingerprint density at radius 2 is 1.83 bits per heavy atom. The van der Waals surface area contributed by atoms with Crippen LogP contribution in [0.5, 0.6) is 5.75 Å². The maximum absolute atomic E-state index is 11.6. The van der Waals surface area contributed by atoms with Crippen LogP contribution in [-0.4, -0.2) is 39.6 Å². The Morgan fingerprint density at radius 3 is 2.48 bits per heavy atom. The molecule has 128 valence electrons. The molecule has 1 aliphatic heterocycles. The minimum atomic E-state index is -2.79. The Bertz CT molecular complexity index is 621. The standard InChI is InChI=1S/C18H27NO3S/c1-22-17-7-3-2-6-16(17)18(10-4-5-11-18)14-19-15-8-12-23(20,21)13-9-15/h2-3,6-7,15,19H,4-5,8-14H2,1H3. The molecule has 1 aliphatic carbocycles. The summed E-state index contributed by atoms with van der Waals surface area (Å²) in [5, 5.41) is 3.67. The van der Waals surface area contributed by atoms with Crippen LogP contribution in [0.2, 0.25) is 0 Å². The SMILES string of the molecule is COc1ccccc1C1(CNC2CCS(=O)(=O)CC2)CCCC1. The molecular formula is C18H27NO3S. The second kappa shape index (κ2) is 6.81. The van der Waals surface area contributed by atoms with Crippen molar-refractivity contribution in [3.63, 3.8) is 0 Å². The zero-order valence-corrected chi connectivity index (χ0v) is 14.7. The number of para-hydroxylation sites is 1. The summed E-state index contributed by atoms with van der Waals surface area (Å²) in [5.41, 5.74) is 1.43. The lowest BCUT2D eigenvalue weighted by atomic mass is 9.78. The van der Waals surface area contributed by atoms with Crippen molar-refractivity contribution in [2.75, 3.05) is 25.2 Å². The summed E-state index contributed by atoms with van der Waals surface area (Å²) in [6, 6.07) is 8.67. The Hall–Kier alpha value is -1.07. The van der Waals surface area contributed by atoms with E-state index in [2.05, 4.69) is 17.4 Å². The number of methoxy groups -OCH3 is 1. The lowest BCUT2D eigenvalue weighted by molar-refractivity contribution is 0.338. The first-order valence-electron chi connectivity index (χ1n) is 8.62. The molecule has 1 saturated carbocycles. The first-order chi connectivity index (χ1) is 11.0. The summed E-state index contributed by atoms with van der Waals surface area (Å²) < 4.78 is 28.8. The first kappa shape index (κ1) is 16.8. The van der Waals surface area contributed by atoms with Crippen molar-refractivity contribution in [3.05, 3.63) is 29.8 Å². The molecule has 0 atom stereocenters. The second-order valence-electron chi connectivity index (χ2n) is 6.99. The highest BCUT2D eigenvalue weighted by atomic mass is 32.2. The molecule has 3 rings (SSSR count). The number of hydrogen-bond acceptors (Lipinski definition) is 4. The number of benzene rings is 1. The van der Waals surface area contributed by atoms with Crippen LogP contribution in [0, 0.1) is 0 Å². The van der Waals surface area contributed by atoms with Gasteiger partial charge in [-0.05, 0) is 31.7 Å². The highest BCUT2D eigenvalue weighted by Gasteiger charge is 2.38. The molecule has 1 N–H and O–H groups in total. The average Bonchev–Trinajstić information content (AvgIpc) is 3.04. The van der Waals surface area contributed by atoms with Crippen molar-refractivity contribution >= 4 is 9.84 Å². The molecule has 2 fully saturated rings. The fourth-order valence-electron chi connectivity index (χ4n) is 4.11. The van der Waals surface area contributed by atoms with Crippen LogP contribution in [0.3, 0.4) is 0 Å². The summed E-state index contributed by atoms with van der Waals surface area (Å²) in [7, 11) is -1.05. The van der Waals surface area contributed by atoms with E-state index in [4.69, 9.17) is 4.74 Å². The number of rotatable bonds is 5. The molecule has 0 bridgehead atoms. The Balaban J connectivity index is 1.72. The van der Waals surface area contributed by atoms with Gasteiger partial charge in [-0.25, -0.2) is 8.42 Å².